The number of benzene rings is 2. The Labute approximate surface area is 157 Å². The second kappa shape index (κ2) is 7.70. The lowest BCUT2D eigenvalue weighted by Gasteiger charge is -2.04. The van der Waals surface area contributed by atoms with Crippen molar-refractivity contribution >= 4 is 27.5 Å². The quantitative estimate of drug-likeness (QED) is 0.617. The molecule has 0 bridgehead atoms. The van der Waals surface area contributed by atoms with Gasteiger partial charge in [0.05, 0.1) is 16.8 Å². The van der Waals surface area contributed by atoms with Crippen LogP contribution in [0.1, 0.15) is 28.4 Å². The average Bonchev–Trinajstić information content (AvgIpc) is 2.94. The van der Waals surface area contributed by atoms with E-state index in [0.717, 1.165) is 27.1 Å². The number of thiazole rings is 1. The van der Waals surface area contributed by atoms with Gasteiger partial charge in [-0.1, -0.05) is 23.5 Å². The molecule has 3 rings (SSSR count). The van der Waals surface area contributed by atoms with Crippen molar-refractivity contribution in [1.82, 2.24) is 4.57 Å². The standard InChI is InChI=1S/C21H22N2O2S/c1-5-11-23-18-10-9-17(25-6-2)13-19(18)26-21(23)22-20(24)16-8-7-14(3)15(4)12-16/h5,7-10,12-13H,1,6,11H2,2-4H3. The van der Waals surface area contributed by atoms with Gasteiger partial charge in [-0.2, -0.15) is 4.99 Å². The zero-order valence-electron chi connectivity index (χ0n) is 15.3. The summed E-state index contributed by atoms with van der Waals surface area (Å²) in [7, 11) is 0. The molecule has 134 valence electrons. The zero-order valence-corrected chi connectivity index (χ0v) is 16.1. The highest BCUT2D eigenvalue weighted by Gasteiger charge is 2.10. The number of ether oxygens (including phenoxy) is 1. The largest absolute Gasteiger partial charge is 0.494 e. The summed E-state index contributed by atoms with van der Waals surface area (Å²) in [5, 5.41) is 0. The molecular formula is C21H22N2O2S. The molecule has 0 saturated heterocycles. The van der Waals surface area contributed by atoms with Gasteiger partial charge in [0, 0.05) is 12.1 Å². The molecule has 0 spiro atoms. The first kappa shape index (κ1) is 18.1. The average molecular weight is 366 g/mol. The normalized spacial score (nSPS) is 11.7. The van der Waals surface area contributed by atoms with Crippen molar-refractivity contribution in [3.63, 3.8) is 0 Å². The third-order valence-corrected chi connectivity index (χ3v) is 5.27. The smallest absolute Gasteiger partial charge is 0.279 e. The molecule has 0 aliphatic heterocycles. The van der Waals surface area contributed by atoms with E-state index in [1.165, 1.54) is 11.3 Å². The molecule has 5 heteroatoms. The van der Waals surface area contributed by atoms with Crippen LogP contribution in [-0.4, -0.2) is 17.1 Å². The Kier molecular flexibility index (Phi) is 5.38. The molecule has 2 aromatic carbocycles. The molecule has 0 unspecified atom stereocenters. The molecule has 0 N–H and O–H groups in total. The minimum Gasteiger partial charge on any atom is -0.494 e. The monoisotopic (exact) mass is 366 g/mol. The minimum absolute atomic E-state index is 0.234. The highest BCUT2D eigenvalue weighted by atomic mass is 32.1. The van der Waals surface area contributed by atoms with Crippen LogP contribution in [-0.2, 0) is 6.54 Å². The van der Waals surface area contributed by atoms with Crippen LogP contribution in [0.3, 0.4) is 0 Å². The Morgan fingerprint density at radius 1 is 1.23 bits per heavy atom. The molecule has 1 aromatic heterocycles. The first-order valence-corrected chi connectivity index (χ1v) is 9.38. The molecule has 0 aliphatic rings. The summed E-state index contributed by atoms with van der Waals surface area (Å²) in [6, 6.07) is 11.6. The van der Waals surface area contributed by atoms with E-state index in [1.807, 2.05) is 67.8 Å². The number of aryl methyl sites for hydroxylation is 2. The van der Waals surface area contributed by atoms with Crippen LogP contribution in [0.5, 0.6) is 5.75 Å². The summed E-state index contributed by atoms with van der Waals surface area (Å²) in [4.78, 5) is 17.7. The van der Waals surface area contributed by atoms with Crippen LogP contribution in [0.15, 0.2) is 54.0 Å². The van der Waals surface area contributed by atoms with E-state index >= 15 is 0 Å². The van der Waals surface area contributed by atoms with Crippen LogP contribution in [0.25, 0.3) is 10.2 Å². The Morgan fingerprint density at radius 2 is 2.04 bits per heavy atom. The number of rotatable bonds is 5. The third-order valence-electron chi connectivity index (χ3n) is 4.23. The van der Waals surface area contributed by atoms with Crippen LogP contribution < -0.4 is 9.54 Å². The van der Waals surface area contributed by atoms with Gasteiger partial charge in [-0.05, 0) is 62.2 Å². The van der Waals surface area contributed by atoms with Gasteiger partial charge < -0.3 is 9.30 Å². The Bertz CT molecular complexity index is 1040. The van der Waals surface area contributed by atoms with Crippen molar-refractivity contribution in [3.05, 3.63) is 70.5 Å². The van der Waals surface area contributed by atoms with Gasteiger partial charge in [0.15, 0.2) is 4.80 Å². The lowest BCUT2D eigenvalue weighted by atomic mass is 10.1. The predicted octanol–water partition coefficient (Wildman–Crippen LogP) is 4.65. The molecule has 4 nitrogen and oxygen atoms in total. The number of nitrogens with zero attached hydrogens (tertiary/aromatic N) is 2. The number of allylic oxidation sites excluding steroid dienone is 1. The molecular weight excluding hydrogens is 344 g/mol. The maximum atomic E-state index is 12.7. The SMILES string of the molecule is C=CCn1c(=NC(=O)c2ccc(C)c(C)c2)sc2cc(OCC)ccc21. The van der Waals surface area contributed by atoms with Crippen LogP contribution in [0.2, 0.25) is 0 Å². The van der Waals surface area contributed by atoms with Crippen LogP contribution in [0.4, 0.5) is 0 Å². The summed E-state index contributed by atoms with van der Waals surface area (Å²) in [5.74, 6) is 0.585. The zero-order chi connectivity index (χ0) is 18.7. The maximum Gasteiger partial charge on any atom is 0.279 e. The van der Waals surface area contributed by atoms with Gasteiger partial charge in [-0.15, -0.1) is 6.58 Å². The number of amides is 1. The van der Waals surface area contributed by atoms with Crippen molar-refractivity contribution < 1.29 is 9.53 Å². The topological polar surface area (TPSA) is 43.6 Å². The van der Waals surface area contributed by atoms with Crippen molar-refractivity contribution in [2.24, 2.45) is 4.99 Å². The Balaban J connectivity index is 2.10. The van der Waals surface area contributed by atoms with Gasteiger partial charge >= 0.3 is 0 Å². The van der Waals surface area contributed by atoms with Crippen LogP contribution in [0, 0.1) is 13.8 Å². The highest BCUT2D eigenvalue weighted by Crippen LogP contribution is 2.23. The molecule has 1 heterocycles. The van der Waals surface area contributed by atoms with E-state index in [1.54, 1.807) is 0 Å². The number of fused-ring (bicyclic) bond motifs is 1. The number of aromatic nitrogens is 1. The molecule has 0 fully saturated rings. The van der Waals surface area contributed by atoms with Crippen molar-refractivity contribution in [2.45, 2.75) is 27.3 Å². The summed E-state index contributed by atoms with van der Waals surface area (Å²) >= 11 is 1.48. The summed E-state index contributed by atoms with van der Waals surface area (Å²) < 4.78 is 8.61. The number of carbonyl (C=O) groups is 1. The van der Waals surface area contributed by atoms with Crippen molar-refractivity contribution in [3.8, 4) is 5.75 Å². The van der Waals surface area contributed by atoms with E-state index in [9.17, 15) is 4.79 Å². The maximum absolute atomic E-state index is 12.7. The molecule has 0 aliphatic carbocycles. The number of hydrogen-bond donors (Lipinski definition) is 0. The Morgan fingerprint density at radius 3 is 2.73 bits per heavy atom. The molecule has 0 atom stereocenters. The fourth-order valence-electron chi connectivity index (χ4n) is 2.73. The first-order chi connectivity index (χ1) is 12.5. The highest BCUT2D eigenvalue weighted by molar-refractivity contribution is 7.16. The predicted molar refractivity (Wildman–Crippen MR) is 107 cm³/mol. The molecule has 0 saturated carbocycles. The van der Waals surface area contributed by atoms with Crippen LogP contribution >= 0.6 is 11.3 Å². The summed E-state index contributed by atoms with van der Waals surface area (Å²) in [6.45, 7) is 11.0. The van der Waals surface area contributed by atoms with E-state index in [0.29, 0.717) is 23.5 Å². The van der Waals surface area contributed by atoms with E-state index < -0.39 is 0 Å². The fraction of sp³-hybridized carbons (Fsp3) is 0.238. The van der Waals surface area contributed by atoms with Crippen molar-refractivity contribution in [2.75, 3.05) is 6.61 Å². The third kappa shape index (κ3) is 3.63. The van der Waals surface area contributed by atoms with Crippen molar-refractivity contribution in [1.29, 1.82) is 0 Å². The summed E-state index contributed by atoms with van der Waals surface area (Å²) in [6.07, 6.45) is 1.81. The molecule has 26 heavy (non-hydrogen) atoms. The van der Waals surface area contributed by atoms with E-state index in [4.69, 9.17) is 4.74 Å². The lowest BCUT2D eigenvalue weighted by Crippen LogP contribution is -2.16. The minimum atomic E-state index is -0.234. The second-order valence-electron chi connectivity index (χ2n) is 6.06. The number of carbonyl (C=O) groups excluding carboxylic acids is 1. The first-order valence-electron chi connectivity index (χ1n) is 8.57. The van der Waals surface area contributed by atoms with Gasteiger partial charge in [0.2, 0.25) is 0 Å². The van der Waals surface area contributed by atoms with Gasteiger partial charge in [-0.3, -0.25) is 4.79 Å². The molecule has 3 aromatic rings. The fourth-order valence-corrected chi connectivity index (χ4v) is 3.79. The lowest BCUT2D eigenvalue weighted by molar-refractivity contribution is 0.0998. The Hall–Kier alpha value is -2.66. The molecule has 1 amide bonds. The van der Waals surface area contributed by atoms with Gasteiger partial charge in [0.25, 0.3) is 5.91 Å². The van der Waals surface area contributed by atoms with Gasteiger partial charge in [-0.25, -0.2) is 0 Å². The molecule has 0 radical (unpaired) electrons. The van der Waals surface area contributed by atoms with E-state index in [-0.39, 0.29) is 5.91 Å². The van der Waals surface area contributed by atoms with E-state index in [2.05, 4.69) is 11.6 Å². The second-order valence-corrected chi connectivity index (χ2v) is 7.07. The van der Waals surface area contributed by atoms with Gasteiger partial charge in [0.1, 0.15) is 5.75 Å². The summed E-state index contributed by atoms with van der Waals surface area (Å²) in [5.41, 5.74) is 3.87. The number of hydrogen-bond acceptors (Lipinski definition) is 3.